The van der Waals surface area contributed by atoms with Gasteiger partial charge in [-0.15, -0.1) is 0 Å². The highest BCUT2D eigenvalue weighted by atomic mass is 79.9. The molecular formula is C16H21BrF2N2O. The molecule has 0 bridgehead atoms. The SMILES string of the molecule is Oc1c(Br)cc(F)c(F)c1[C@H](C1CCCC1)N1CCNCC1. The van der Waals surface area contributed by atoms with Gasteiger partial charge in [-0.1, -0.05) is 12.8 Å². The van der Waals surface area contributed by atoms with Gasteiger partial charge in [0.15, 0.2) is 11.6 Å². The van der Waals surface area contributed by atoms with Gasteiger partial charge in [0, 0.05) is 32.2 Å². The molecule has 2 aliphatic rings. The Morgan fingerprint density at radius 1 is 1.23 bits per heavy atom. The minimum atomic E-state index is -0.906. The maximum atomic E-state index is 14.5. The highest BCUT2D eigenvalue weighted by molar-refractivity contribution is 9.10. The molecule has 0 aromatic heterocycles. The summed E-state index contributed by atoms with van der Waals surface area (Å²) in [5, 5.41) is 13.7. The topological polar surface area (TPSA) is 35.5 Å². The Morgan fingerprint density at radius 2 is 1.86 bits per heavy atom. The van der Waals surface area contributed by atoms with Gasteiger partial charge in [-0.05, 0) is 40.8 Å². The number of nitrogens with zero attached hydrogens (tertiary/aromatic N) is 1. The van der Waals surface area contributed by atoms with Crippen molar-refractivity contribution in [3.63, 3.8) is 0 Å². The second-order valence-corrected chi connectivity index (χ2v) is 7.05. The van der Waals surface area contributed by atoms with Crippen LogP contribution in [-0.4, -0.2) is 36.2 Å². The highest BCUT2D eigenvalue weighted by Crippen LogP contribution is 2.45. The Balaban J connectivity index is 2.05. The van der Waals surface area contributed by atoms with Crippen molar-refractivity contribution in [1.82, 2.24) is 10.2 Å². The second kappa shape index (κ2) is 6.81. The fraction of sp³-hybridized carbons (Fsp3) is 0.625. The van der Waals surface area contributed by atoms with Crippen LogP contribution in [0.25, 0.3) is 0 Å². The van der Waals surface area contributed by atoms with Crippen LogP contribution in [0, 0.1) is 17.6 Å². The molecule has 1 aliphatic heterocycles. The number of halogens is 3. The van der Waals surface area contributed by atoms with Gasteiger partial charge in [0.05, 0.1) is 10.0 Å². The van der Waals surface area contributed by atoms with Crippen LogP contribution in [0.4, 0.5) is 8.78 Å². The number of rotatable bonds is 3. The van der Waals surface area contributed by atoms with Crippen LogP contribution in [0.1, 0.15) is 37.3 Å². The number of aromatic hydroxyl groups is 1. The Morgan fingerprint density at radius 3 is 2.50 bits per heavy atom. The lowest BCUT2D eigenvalue weighted by molar-refractivity contribution is 0.119. The molecule has 0 spiro atoms. The second-order valence-electron chi connectivity index (χ2n) is 6.19. The molecule has 1 saturated heterocycles. The number of nitrogens with one attached hydrogen (secondary N) is 1. The average molecular weight is 375 g/mol. The Hall–Kier alpha value is -0.720. The first-order chi connectivity index (χ1) is 10.6. The monoisotopic (exact) mass is 374 g/mol. The van der Waals surface area contributed by atoms with E-state index in [1.165, 1.54) is 0 Å². The number of piperazine rings is 1. The third-order valence-corrected chi connectivity index (χ3v) is 5.47. The third kappa shape index (κ3) is 3.01. The van der Waals surface area contributed by atoms with E-state index in [0.717, 1.165) is 57.9 Å². The Bertz CT molecular complexity index is 517. The summed E-state index contributed by atoms with van der Waals surface area (Å²) in [5.74, 6) is -1.70. The van der Waals surface area contributed by atoms with E-state index in [-0.39, 0.29) is 27.7 Å². The third-order valence-electron chi connectivity index (χ3n) is 4.87. The molecule has 0 amide bonds. The van der Waals surface area contributed by atoms with Crippen molar-refractivity contribution >= 4 is 15.9 Å². The van der Waals surface area contributed by atoms with Crippen LogP contribution in [-0.2, 0) is 0 Å². The lowest BCUT2D eigenvalue weighted by atomic mass is 9.88. The van der Waals surface area contributed by atoms with E-state index in [4.69, 9.17) is 0 Å². The van der Waals surface area contributed by atoms with Gasteiger partial charge < -0.3 is 10.4 Å². The first kappa shape index (κ1) is 16.1. The predicted molar refractivity (Wildman–Crippen MR) is 84.9 cm³/mol. The zero-order chi connectivity index (χ0) is 15.7. The van der Waals surface area contributed by atoms with Crippen molar-refractivity contribution in [3.8, 4) is 5.75 Å². The fourth-order valence-electron chi connectivity index (χ4n) is 3.82. The summed E-state index contributed by atoms with van der Waals surface area (Å²) in [5.41, 5.74) is 0.126. The average Bonchev–Trinajstić information content (AvgIpc) is 3.04. The highest BCUT2D eigenvalue weighted by Gasteiger charge is 2.36. The molecule has 6 heteroatoms. The van der Waals surface area contributed by atoms with Crippen molar-refractivity contribution in [2.45, 2.75) is 31.7 Å². The van der Waals surface area contributed by atoms with Crippen LogP contribution in [0.15, 0.2) is 10.5 Å². The van der Waals surface area contributed by atoms with Gasteiger partial charge in [-0.25, -0.2) is 8.78 Å². The summed E-state index contributed by atoms with van der Waals surface area (Å²) < 4.78 is 28.6. The molecular weight excluding hydrogens is 354 g/mol. The summed E-state index contributed by atoms with van der Waals surface area (Å²) >= 11 is 3.14. The number of hydrogen-bond acceptors (Lipinski definition) is 3. The Kier molecular flexibility index (Phi) is 5.00. The number of phenols is 1. The van der Waals surface area contributed by atoms with E-state index in [0.29, 0.717) is 0 Å². The van der Waals surface area contributed by atoms with Gasteiger partial charge in [0.2, 0.25) is 0 Å². The van der Waals surface area contributed by atoms with E-state index in [1.807, 2.05) is 0 Å². The van der Waals surface area contributed by atoms with Crippen molar-refractivity contribution in [3.05, 3.63) is 27.7 Å². The van der Waals surface area contributed by atoms with E-state index in [1.54, 1.807) is 0 Å². The summed E-state index contributed by atoms with van der Waals surface area (Å²) in [4.78, 5) is 2.19. The summed E-state index contributed by atoms with van der Waals surface area (Å²) in [6.45, 7) is 3.24. The molecule has 22 heavy (non-hydrogen) atoms. The maximum Gasteiger partial charge on any atom is 0.167 e. The van der Waals surface area contributed by atoms with Crippen molar-refractivity contribution in [2.75, 3.05) is 26.2 Å². The zero-order valence-electron chi connectivity index (χ0n) is 12.4. The molecule has 1 saturated carbocycles. The molecule has 1 heterocycles. The predicted octanol–water partition coefficient (Wildman–Crippen LogP) is 3.57. The zero-order valence-corrected chi connectivity index (χ0v) is 14.0. The quantitative estimate of drug-likeness (QED) is 0.793. The Labute approximate surface area is 137 Å². The largest absolute Gasteiger partial charge is 0.506 e. The molecule has 1 aliphatic carbocycles. The molecule has 2 fully saturated rings. The minimum absolute atomic E-state index is 0.126. The minimum Gasteiger partial charge on any atom is -0.506 e. The molecule has 0 radical (unpaired) electrons. The molecule has 2 N–H and O–H groups in total. The molecule has 1 aromatic rings. The number of hydrogen-bond donors (Lipinski definition) is 2. The summed E-state index contributed by atoms with van der Waals surface area (Å²) in [7, 11) is 0. The van der Waals surface area contributed by atoms with Crippen molar-refractivity contribution < 1.29 is 13.9 Å². The molecule has 0 unspecified atom stereocenters. The molecule has 122 valence electrons. The van der Waals surface area contributed by atoms with Crippen LogP contribution >= 0.6 is 15.9 Å². The smallest absolute Gasteiger partial charge is 0.167 e. The van der Waals surface area contributed by atoms with Gasteiger partial charge in [0.25, 0.3) is 0 Å². The first-order valence-electron chi connectivity index (χ1n) is 7.90. The van der Waals surface area contributed by atoms with Gasteiger partial charge in [-0.2, -0.15) is 0 Å². The van der Waals surface area contributed by atoms with E-state index in [9.17, 15) is 13.9 Å². The lowest BCUT2D eigenvalue weighted by Crippen LogP contribution is -2.47. The van der Waals surface area contributed by atoms with E-state index < -0.39 is 11.6 Å². The van der Waals surface area contributed by atoms with Crippen LogP contribution in [0.5, 0.6) is 5.75 Å². The van der Waals surface area contributed by atoms with Gasteiger partial charge in [-0.3, -0.25) is 4.90 Å². The van der Waals surface area contributed by atoms with Crippen molar-refractivity contribution in [1.29, 1.82) is 0 Å². The molecule has 1 aromatic carbocycles. The van der Waals surface area contributed by atoms with Crippen LogP contribution in [0.2, 0.25) is 0 Å². The summed E-state index contributed by atoms with van der Waals surface area (Å²) in [6.07, 6.45) is 4.24. The first-order valence-corrected chi connectivity index (χ1v) is 8.70. The van der Waals surface area contributed by atoms with Gasteiger partial charge >= 0.3 is 0 Å². The van der Waals surface area contributed by atoms with Crippen LogP contribution < -0.4 is 5.32 Å². The number of benzene rings is 1. The van der Waals surface area contributed by atoms with E-state index >= 15 is 0 Å². The summed E-state index contributed by atoms with van der Waals surface area (Å²) in [6, 6.07) is 0.745. The normalized spacial score (nSPS) is 22.1. The molecule has 1 atom stereocenters. The molecule has 3 nitrogen and oxygen atoms in total. The number of phenolic OH excluding ortho intramolecular Hbond substituents is 1. The molecule has 3 rings (SSSR count). The van der Waals surface area contributed by atoms with Crippen molar-refractivity contribution in [2.24, 2.45) is 5.92 Å². The van der Waals surface area contributed by atoms with Gasteiger partial charge in [0.1, 0.15) is 5.75 Å². The lowest BCUT2D eigenvalue weighted by Gasteiger charge is -2.39. The van der Waals surface area contributed by atoms with E-state index in [2.05, 4.69) is 26.1 Å². The fourth-order valence-corrected chi connectivity index (χ4v) is 4.24. The standard InChI is InChI=1S/C16H21BrF2N2O/c17-11-9-12(18)14(19)13(16(11)22)15(10-3-1-2-4-10)21-7-5-20-6-8-21/h9-10,15,20,22H,1-8H2/t15-/m0/s1. The maximum absolute atomic E-state index is 14.5. The van der Waals surface area contributed by atoms with Crippen LogP contribution in [0.3, 0.4) is 0 Å².